The van der Waals surface area contributed by atoms with Gasteiger partial charge in [-0.05, 0) is 65.0 Å². The van der Waals surface area contributed by atoms with Crippen LogP contribution in [-0.4, -0.2) is 54.5 Å². The van der Waals surface area contributed by atoms with Gasteiger partial charge in [-0.15, -0.1) is 0 Å². The van der Waals surface area contributed by atoms with Gasteiger partial charge in [-0.25, -0.2) is 4.79 Å². The molecule has 1 saturated heterocycles. The molecule has 7 heteroatoms. The average Bonchev–Trinajstić information content (AvgIpc) is 2.68. The van der Waals surface area contributed by atoms with Crippen LogP contribution in [0.1, 0.15) is 58.9 Å². The zero-order chi connectivity index (χ0) is 22.5. The highest BCUT2D eigenvalue weighted by Gasteiger charge is 2.32. The Labute approximate surface area is 188 Å². The lowest BCUT2D eigenvalue weighted by Gasteiger charge is -2.35. The van der Waals surface area contributed by atoms with E-state index in [0.29, 0.717) is 18.8 Å². The molecule has 1 aliphatic heterocycles. The second kappa shape index (κ2) is 10.4. The van der Waals surface area contributed by atoms with Gasteiger partial charge in [0.05, 0.1) is 13.2 Å². The molecular formula is C23H33BrN2O4. The van der Waals surface area contributed by atoms with Gasteiger partial charge in [0.25, 0.3) is 0 Å². The predicted octanol–water partition coefficient (Wildman–Crippen LogP) is 5.20. The van der Waals surface area contributed by atoms with Crippen LogP contribution in [0.25, 0.3) is 0 Å². The molecule has 6 nitrogen and oxygen atoms in total. The summed E-state index contributed by atoms with van der Waals surface area (Å²) in [6, 6.07) is 7.57. The summed E-state index contributed by atoms with van der Waals surface area (Å²) in [7, 11) is 1.39. The molecule has 0 aromatic heterocycles. The molecule has 1 aromatic rings. The molecular weight excluding hydrogens is 448 g/mol. The molecule has 0 spiro atoms. The standard InChI is InChI=1S/C23H33BrN2O4/c1-15(17-10-9-13-26(14-17)22(28)30-23(3,4)5)25-16(2)20(21(27)29-6)18-11-7-8-12-19(18)24/h7-8,11-12,15,17,20H,9-10,13-14H2,1-6H3/b25-16+. The van der Waals surface area contributed by atoms with Gasteiger partial charge in [-0.3, -0.25) is 9.79 Å². The van der Waals surface area contributed by atoms with Crippen LogP contribution in [0.15, 0.2) is 33.7 Å². The van der Waals surface area contributed by atoms with Crippen molar-refractivity contribution in [1.29, 1.82) is 0 Å². The van der Waals surface area contributed by atoms with Crippen LogP contribution in [0.3, 0.4) is 0 Å². The summed E-state index contributed by atoms with van der Waals surface area (Å²) in [5, 5.41) is 0. The maximum atomic E-state index is 12.5. The van der Waals surface area contributed by atoms with Crippen molar-refractivity contribution in [2.45, 2.75) is 65.0 Å². The molecule has 0 bridgehead atoms. The van der Waals surface area contributed by atoms with E-state index in [1.807, 2.05) is 58.9 Å². The molecule has 3 atom stereocenters. The SMILES string of the molecule is COC(=O)C(/C(C)=N/C(C)C1CCCN(C(=O)OC(C)(C)C)C1)c1ccccc1Br. The lowest BCUT2D eigenvalue weighted by Crippen LogP contribution is -2.45. The van der Waals surface area contributed by atoms with Crippen molar-refractivity contribution in [3.63, 3.8) is 0 Å². The highest BCUT2D eigenvalue weighted by Crippen LogP contribution is 2.29. The maximum absolute atomic E-state index is 12.5. The van der Waals surface area contributed by atoms with Crippen LogP contribution in [0.5, 0.6) is 0 Å². The zero-order valence-corrected chi connectivity index (χ0v) is 20.4. The topological polar surface area (TPSA) is 68.2 Å². The number of carbonyl (C=O) groups is 2. The number of benzene rings is 1. The molecule has 0 aliphatic carbocycles. The van der Waals surface area contributed by atoms with E-state index in [1.54, 1.807) is 4.90 Å². The van der Waals surface area contributed by atoms with E-state index in [0.717, 1.165) is 22.9 Å². The van der Waals surface area contributed by atoms with Crippen LogP contribution < -0.4 is 0 Å². The van der Waals surface area contributed by atoms with E-state index in [9.17, 15) is 9.59 Å². The van der Waals surface area contributed by atoms with Gasteiger partial charge in [0.2, 0.25) is 0 Å². The molecule has 1 aliphatic rings. The number of carbonyl (C=O) groups excluding carboxylic acids is 2. The van der Waals surface area contributed by atoms with E-state index in [2.05, 4.69) is 15.9 Å². The molecule has 1 amide bonds. The first kappa shape index (κ1) is 24.4. The molecule has 3 unspecified atom stereocenters. The quantitative estimate of drug-likeness (QED) is 0.428. The van der Waals surface area contributed by atoms with Crippen LogP contribution in [-0.2, 0) is 14.3 Å². The Morgan fingerprint density at radius 2 is 1.93 bits per heavy atom. The lowest BCUT2D eigenvalue weighted by molar-refractivity contribution is -0.140. The van der Waals surface area contributed by atoms with Crippen molar-refractivity contribution < 1.29 is 19.1 Å². The minimum absolute atomic E-state index is 0.0371. The van der Waals surface area contributed by atoms with Gasteiger partial charge < -0.3 is 14.4 Å². The summed E-state index contributed by atoms with van der Waals surface area (Å²) in [6.07, 6.45) is 1.61. The molecule has 30 heavy (non-hydrogen) atoms. The number of aliphatic imine (C=N–C) groups is 1. The Morgan fingerprint density at radius 3 is 2.53 bits per heavy atom. The highest BCUT2D eigenvalue weighted by atomic mass is 79.9. The fourth-order valence-corrected chi connectivity index (χ4v) is 4.26. The molecule has 166 valence electrons. The second-order valence-corrected chi connectivity index (χ2v) is 9.67. The Morgan fingerprint density at radius 1 is 1.27 bits per heavy atom. The minimum Gasteiger partial charge on any atom is -0.468 e. The smallest absolute Gasteiger partial charge is 0.410 e. The van der Waals surface area contributed by atoms with Gasteiger partial charge >= 0.3 is 12.1 Å². The molecule has 1 aromatic carbocycles. The molecule has 0 N–H and O–H groups in total. The molecule has 0 radical (unpaired) electrons. The Hall–Kier alpha value is -1.89. The van der Waals surface area contributed by atoms with Crippen molar-refractivity contribution in [2.75, 3.05) is 20.2 Å². The van der Waals surface area contributed by atoms with E-state index in [-0.39, 0.29) is 24.0 Å². The maximum Gasteiger partial charge on any atom is 0.410 e. The van der Waals surface area contributed by atoms with Gasteiger partial charge in [0.1, 0.15) is 11.5 Å². The number of piperidine rings is 1. The van der Waals surface area contributed by atoms with Crippen molar-refractivity contribution in [3.05, 3.63) is 34.3 Å². The van der Waals surface area contributed by atoms with Crippen LogP contribution in [0.2, 0.25) is 0 Å². The van der Waals surface area contributed by atoms with Crippen LogP contribution in [0.4, 0.5) is 4.79 Å². The van der Waals surface area contributed by atoms with E-state index < -0.39 is 11.5 Å². The third-order valence-electron chi connectivity index (χ3n) is 5.27. The fraction of sp³-hybridized carbons (Fsp3) is 0.609. The van der Waals surface area contributed by atoms with E-state index in [1.165, 1.54) is 7.11 Å². The van der Waals surface area contributed by atoms with Gasteiger partial charge in [0, 0.05) is 23.3 Å². The van der Waals surface area contributed by atoms with E-state index >= 15 is 0 Å². The summed E-state index contributed by atoms with van der Waals surface area (Å²) < 4.78 is 11.4. The first-order chi connectivity index (χ1) is 14.0. The number of rotatable bonds is 5. The number of hydrogen-bond donors (Lipinski definition) is 0. The average molecular weight is 481 g/mol. The third kappa shape index (κ3) is 6.56. The molecule has 0 saturated carbocycles. The van der Waals surface area contributed by atoms with Crippen molar-refractivity contribution in [1.82, 2.24) is 4.90 Å². The summed E-state index contributed by atoms with van der Waals surface area (Å²) in [5.41, 5.74) is 1.02. The summed E-state index contributed by atoms with van der Waals surface area (Å²) in [5.74, 6) is -0.702. The number of esters is 1. The predicted molar refractivity (Wildman–Crippen MR) is 122 cm³/mol. The fourth-order valence-electron chi connectivity index (χ4n) is 3.75. The first-order valence-corrected chi connectivity index (χ1v) is 11.2. The zero-order valence-electron chi connectivity index (χ0n) is 18.8. The number of nitrogens with zero attached hydrogens (tertiary/aromatic N) is 2. The van der Waals surface area contributed by atoms with Crippen LogP contribution in [0, 0.1) is 5.92 Å². The van der Waals surface area contributed by atoms with Crippen molar-refractivity contribution >= 4 is 33.7 Å². The lowest BCUT2D eigenvalue weighted by atomic mass is 9.90. The summed E-state index contributed by atoms with van der Waals surface area (Å²) >= 11 is 3.53. The highest BCUT2D eigenvalue weighted by molar-refractivity contribution is 9.10. The number of ether oxygens (including phenoxy) is 2. The van der Waals surface area contributed by atoms with Gasteiger partial charge in [-0.2, -0.15) is 0 Å². The van der Waals surface area contributed by atoms with Gasteiger partial charge in [-0.1, -0.05) is 34.1 Å². The molecule has 1 fully saturated rings. The first-order valence-electron chi connectivity index (χ1n) is 10.4. The number of methoxy groups -OCH3 is 1. The van der Waals surface area contributed by atoms with Crippen LogP contribution >= 0.6 is 15.9 Å². The Balaban J connectivity index is 2.18. The Bertz CT molecular complexity index is 788. The number of amides is 1. The third-order valence-corrected chi connectivity index (χ3v) is 5.99. The normalized spacial score (nSPS) is 19.8. The van der Waals surface area contributed by atoms with Gasteiger partial charge in [0.15, 0.2) is 0 Å². The minimum atomic E-state index is -0.571. The number of hydrogen-bond acceptors (Lipinski definition) is 5. The molecule has 2 rings (SSSR count). The molecule has 1 heterocycles. The monoisotopic (exact) mass is 480 g/mol. The second-order valence-electron chi connectivity index (χ2n) is 8.82. The summed E-state index contributed by atoms with van der Waals surface area (Å²) in [4.78, 5) is 31.7. The Kier molecular flexibility index (Phi) is 8.47. The van der Waals surface area contributed by atoms with E-state index in [4.69, 9.17) is 14.5 Å². The number of halogens is 1. The number of likely N-dealkylation sites (tertiary alicyclic amines) is 1. The largest absolute Gasteiger partial charge is 0.468 e. The van der Waals surface area contributed by atoms with Crippen molar-refractivity contribution in [3.8, 4) is 0 Å². The summed E-state index contributed by atoms with van der Waals surface area (Å²) in [6.45, 7) is 10.8. The van der Waals surface area contributed by atoms with Crippen molar-refractivity contribution in [2.24, 2.45) is 10.9 Å².